The van der Waals surface area contributed by atoms with Gasteiger partial charge in [-0.25, -0.2) is 13.6 Å². The van der Waals surface area contributed by atoms with Crippen LogP contribution in [-0.4, -0.2) is 17.5 Å². The molecule has 0 aliphatic carbocycles. The van der Waals surface area contributed by atoms with Crippen molar-refractivity contribution in [3.8, 4) is 0 Å². The quantitative estimate of drug-likeness (QED) is 0.581. The molecule has 0 spiro atoms. The molecule has 1 heterocycles. The zero-order chi connectivity index (χ0) is 19.7. The van der Waals surface area contributed by atoms with Crippen molar-refractivity contribution in [3.05, 3.63) is 100 Å². The summed E-state index contributed by atoms with van der Waals surface area (Å²) in [4.78, 5) is 14.7. The average molecular weight is 399 g/mol. The maximum Gasteiger partial charge on any atom is 0.322 e. The van der Waals surface area contributed by atoms with Gasteiger partial charge in [0.1, 0.15) is 11.6 Å². The third kappa shape index (κ3) is 3.45. The third-order valence-corrected chi connectivity index (χ3v) is 5.26. The molecule has 142 valence electrons. The molecule has 0 unspecified atom stereocenters. The normalized spacial score (nSPS) is 15.8. The molecular weight excluding hydrogens is 382 g/mol. The van der Waals surface area contributed by atoms with Crippen molar-refractivity contribution in [3.63, 3.8) is 0 Å². The lowest BCUT2D eigenvalue weighted by Crippen LogP contribution is -2.43. The fourth-order valence-corrected chi connectivity index (χ4v) is 3.83. The topological polar surface area (TPSA) is 32.3 Å². The smallest absolute Gasteiger partial charge is 0.313 e. The van der Waals surface area contributed by atoms with Gasteiger partial charge >= 0.3 is 6.03 Å². The van der Waals surface area contributed by atoms with Crippen molar-refractivity contribution in [1.82, 2.24) is 4.90 Å². The molecule has 6 heteroatoms. The Balaban J connectivity index is 1.72. The van der Waals surface area contributed by atoms with Crippen LogP contribution in [0.4, 0.5) is 19.3 Å². The summed E-state index contributed by atoms with van der Waals surface area (Å²) in [7, 11) is 0. The first-order chi connectivity index (χ1) is 13.5. The van der Waals surface area contributed by atoms with Gasteiger partial charge < -0.3 is 10.2 Å². The van der Waals surface area contributed by atoms with Gasteiger partial charge in [-0.15, -0.1) is 0 Å². The molecule has 3 aromatic rings. The Morgan fingerprint density at radius 3 is 2.46 bits per heavy atom. The molecule has 3 aromatic carbocycles. The van der Waals surface area contributed by atoms with Gasteiger partial charge in [-0.05, 0) is 41.3 Å². The highest BCUT2D eigenvalue weighted by Crippen LogP contribution is 2.38. The maximum absolute atomic E-state index is 14.0. The van der Waals surface area contributed by atoms with Crippen LogP contribution in [0, 0.1) is 11.6 Å². The van der Waals surface area contributed by atoms with Gasteiger partial charge in [0, 0.05) is 17.6 Å². The lowest BCUT2D eigenvalue weighted by Gasteiger charge is -2.38. The Kier molecular flexibility index (Phi) is 5.01. The number of halogens is 3. The zero-order valence-corrected chi connectivity index (χ0v) is 15.6. The summed E-state index contributed by atoms with van der Waals surface area (Å²) in [5.41, 5.74) is 2.86. The molecule has 1 aliphatic heterocycles. The Morgan fingerprint density at radius 1 is 1.00 bits per heavy atom. The van der Waals surface area contributed by atoms with Gasteiger partial charge in [-0.2, -0.15) is 0 Å². The van der Waals surface area contributed by atoms with Gasteiger partial charge in [0.2, 0.25) is 0 Å². The van der Waals surface area contributed by atoms with Crippen LogP contribution in [0.25, 0.3) is 0 Å². The summed E-state index contributed by atoms with van der Waals surface area (Å²) in [6, 6.07) is 17.5. The second-order valence-corrected chi connectivity index (χ2v) is 7.03. The van der Waals surface area contributed by atoms with Gasteiger partial charge in [0.05, 0.1) is 11.7 Å². The number of benzene rings is 3. The highest BCUT2D eigenvalue weighted by molar-refractivity contribution is 6.31. The highest BCUT2D eigenvalue weighted by Gasteiger charge is 2.33. The third-order valence-electron chi connectivity index (χ3n) is 4.92. The number of hydrogen-bond donors (Lipinski definition) is 1. The number of carbonyl (C=O) groups excluding carboxylic acids is 1. The van der Waals surface area contributed by atoms with Crippen LogP contribution in [0.3, 0.4) is 0 Å². The molecule has 0 fully saturated rings. The summed E-state index contributed by atoms with van der Waals surface area (Å²) in [6.45, 7) is 0.446. The Hall–Kier alpha value is -2.92. The average Bonchev–Trinajstić information content (AvgIpc) is 2.70. The van der Waals surface area contributed by atoms with E-state index in [0.29, 0.717) is 18.0 Å². The van der Waals surface area contributed by atoms with Gasteiger partial charge in [0.15, 0.2) is 0 Å². The molecule has 1 atom stereocenters. The molecule has 0 aromatic heterocycles. The Labute approximate surface area is 166 Å². The second kappa shape index (κ2) is 7.60. The lowest BCUT2D eigenvalue weighted by molar-refractivity contribution is 0.194. The first-order valence-corrected chi connectivity index (χ1v) is 9.27. The van der Waals surface area contributed by atoms with Crippen molar-refractivity contribution < 1.29 is 13.6 Å². The van der Waals surface area contributed by atoms with Crippen LogP contribution < -0.4 is 5.32 Å². The van der Waals surface area contributed by atoms with E-state index in [4.69, 9.17) is 11.6 Å². The van der Waals surface area contributed by atoms with E-state index in [2.05, 4.69) is 5.32 Å². The number of anilines is 1. The van der Waals surface area contributed by atoms with Crippen molar-refractivity contribution in [2.24, 2.45) is 0 Å². The summed E-state index contributed by atoms with van der Waals surface area (Å²) in [5, 5.41) is 3.11. The Morgan fingerprint density at radius 2 is 1.71 bits per heavy atom. The molecule has 4 rings (SSSR count). The largest absolute Gasteiger partial charge is 0.322 e. The van der Waals surface area contributed by atoms with Gasteiger partial charge in [-0.3, -0.25) is 0 Å². The first-order valence-electron chi connectivity index (χ1n) is 8.89. The molecule has 0 bridgehead atoms. The fourth-order valence-electron chi connectivity index (χ4n) is 3.60. The van der Waals surface area contributed by atoms with Crippen LogP contribution in [0.1, 0.15) is 22.7 Å². The Bertz CT molecular complexity index is 1040. The van der Waals surface area contributed by atoms with Crippen molar-refractivity contribution in [2.75, 3.05) is 11.9 Å². The predicted octanol–water partition coefficient (Wildman–Crippen LogP) is 5.80. The fraction of sp³-hybridized carbons (Fsp3) is 0.136. The van der Waals surface area contributed by atoms with Crippen LogP contribution >= 0.6 is 11.6 Å². The molecule has 1 aliphatic rings. The number of hydrogen-bond acceptors (Lipinski definition) is 1. The van der Waals surface area contributed by atoms with E-state index in [0.717, 1.165) is 28.8 Å². The number of carbonyl (C=O) groups is 1. The number of nitrogens with one attached hydrogen (secondary N) is 1. The number of amides is 2. The summed E-state index contributed by atoms with van der Waals surface area (Å²) in [6.07, 6.45) is 0.677. The molecule has 28 heavy (non-hydrogen) atoms. The molecule has 1 N–H and O–H groups in total. The molecule has 2 amide bonds. The SMILES string of the molecule is O=C(Nc1ccc(F)cc1F)N1CCc2ccccc2[C@@H]1c1ccccc1Cl. The summed E-state index contributed by atoms with van der Waals surface area (Å²) >= 11 is 6.44. The maximum atomic E-state index is 14.0. The van der Waals surface area contributed by atoms with E-state index < -0.39 is 23.7 Å². The van der Waals surface area contributed by atoms with Crippen LogP contribution in [-0.2, 0) is 6.42 Å². The number of urea groups is 1. The van der Waals surface area contributed by atoms with Gasteiger partial charge in [0.25, 0.3) is 0 Å². The minimum atomic E-state index is -0.819. The monoisotopic (exact) mass is 398 g/mol. The predicted molar refractivity (Wildman–Crippen MR) is 106 cm³/mol. The van der Waals surface area contributed by atoms with E-state index in [9.17, 15) is 13.6 Å². The minimum Gasteiger partial charge on any atom is -0.313 e. The van der Waals surface area contributed by atoms with Crippen molar-refractivity contribution in [2.45, 2.75) is 12.5 Å². The lowest BCUT2D eigenvalue weighted by atomic mass is 9.88. The summed E-state index contributed by atoms with van der Waals surface area (Å²) < 4.78 is 27.2. The summed E-state index contributed by atoms with van der Waals surface area (Å²) in [5.74, 6) is -1.52. The molecule has 0 saturated heterocycles. The highest BCUT2D eigenvalue weighted by atomic mass is 35.5. The van der Waals surface area contributed by atoms with Crippen molar-refractivity contribution >= 4 is 23.3 Å². The molecule has 3 nitrogen and oxygen atoms in total. The van der Waals surface area contributed by atoms with Gasteiger partial charge in [-0.1, -0.05) is 54.1 Å². The molecule has 0 radical (unpaired) electrons. The standard InChI is InChI=1S/C22H17ClF2N2O/c23-18-8-4-3-7-17(18)21-16-6-2-1-5-14(16)11-12-27(21)22(28)26-20-10-9-15(24)13-19(20)25/h1-10,13,21H,11-12H2,(H,26,28)/t21-/m1/s1. The van der Waals surface area contributed by atoms with Crippen LogP contribution in [0.5, 0.6) is 0 Å². The van der Waals surface area contributed by atoms with E-state index in [-0.39, 0.29) is 5.69 Å². The minimum absolute atomic E-state index is 0.0665. The molecule has 0 saturated carbocycles. The van der Waals surface area contributed by atoms with E-state index >= 15 is 0 Å². The van der Waals surface area contributed by atoms with Crippen molar-refractivity contribution in [1.29, 1.82) is 0 Å². The zero-order valence-electron chi connectivity index (χ0n) is 14.8. The number of nitrogens with zero attached hydrogens (tertiary/aromatic N) is 1. The van der Waals surface area contributed by atoms with Crippen LogP contribution in [0.15, 0.2) is 66.7 Å². The first kappa shape index (κ1) is 18.4. The number of fused-ring (bicyclic) bond motifs is 1. The van der Waals surface area contributed by atoms with E-state index in [1.165, 1.54) is 6.07 Å². The van der Waals surface area contributed by atoms with Crippen LogP contribution in [0.2, 0.25) is 5.02 Å². The molecular formula is C22H17ClF2N2O. The van der Waals surface area contributed by atoms with E-state index in [1.54, 1.807) is 11.0 Å². The van der Waals surface area contributed by atoms with E-state index in [1.807, 2.05) is 42.5 Å². The number of rotatable bonds is 2. The second-order valence-electron chi connectivity index (χ2n) is 6.62.